The molecule has 1 heterocycles. The maximum absolute atomic E-state index is 12.5. The van der Waals surface area contributed by atoms with Crippen LogP contribution in [-0.2, 0) is 0 Å². The van der Waals surface area contributed by atoms with Gasteiger partial charge in [-0.2, -0.15) is 5.10 Å². The van der Waals surface area contributed by atoms with Crippen molar-refractivity contribution in [2.75, 3.05) is 0 Å². The summed E-state index contributed by atoms with van der Waals surface area (Å²) in [5, 5.41) is 16.8. The maximum Gasteiger partial charge on any atom is 0.291 e. The summed E-state index contributed by atoms with van der Waals surface area (Å²) in [7, 11) is 0. The second kappa shape index (κ2) is 7.62. The predicted molar refractivity (Wildman–Crippen MR) is 113 cm³/mol. The fraction of sp³-hybridized carbons (Fsp3) is 0.0455. The summed E-state index contributed by atoms with van der Waals surface area (Å²) in [6.07, 6.45) is 1.45. The van der Waals surface area contributed by atoms with Crippen LogP contribution in [0.25, 0.3) is 21.3 Å². The quantitative estimate of drug-likeness (QED) is 0.392. The summed E-state index contributed by atoms with van der Waals surface area (Å²) in [6.45, 7) is 1.86. The van der Waals surface area contributed by atoms with Crippen LogP contribution in [0.4, 0.5) is 0 Å². The third-order valence-electron chi connectivity index (χ3n) is 4.34. The number of phenols is 1. The molecule has 4 rings (SSSR count). The van der Waals surface area contributed by atoms with E-state index in [0.717, 1.165) is 26.2 Å². The van der Waals surface area contributed by atoms with Gasteiger partial charge in [0.15, 0.2) is 0 Å². The number of phenolic OH excluding ortho intramolecular Hbond substituents is 1. The second-order valence-corrected chi connectivity index (χ2v) is 7.41. The Morgan fingerprint density at radius 3 is 2.64 bits per heavy atom. The first-order chi connectivity index (χ1) is 13.6. The van der Waals surface area contributed by atoms with E-state index in [1.807, 2.05) is 67.6 Å². The van der Waals surface area contributed by atoms with E-state index in [0.29, 0.717) is 11.3 Å². The zero-order valence-corrected chi connectivity index (χ0v) is 15.9. The molecule has 0 aliphatic heterocycles. The first-order valence-electron chi connectivity index (χ1n) is 8.70. The monoisotopic (exact) mass is 387 g/mol. The van der Waals surface area contributed by atoms with Gasteiger partial charge >= 0.3 is 0 Å². The highest BCUT2D eigenvalue weighted by Gasteiger charge is 2.16. The molecule has 1 aromatic heterocycles. The molecule has 28 heavy (non-hydrogen) atoms. The van der Waals surface area contributed by atoms with Gasteiger partial charge in [-0.15, -0.1) is 11.3 Å². The van der Waals surface area contributed by atoms with E-state index >= 15 is 0 Å². The molecule has 0 atom stereocenters. The number of aryl methyl sites for hydroxylation is 1. The Kier molecular flexibility index (Phi) is 4.87. The van der Waals surface area contributed by atoms with E-state index in [-0.39, 0.29) is 11.7 Å². The first-order valence-corrected chi connectivity index (χ1v) is 9.52. The third-order valence-corrected chi connectivity index (χ3v) is 5.36. The van der Waals surface area contributed by atoms with Crippen molar-refractivity contribution in [1.29, 1.82) is 0 Å². The van der Waals surface area contributed by atoms with Gasteiger partial charge in [0.05, 0.1) is 6.21 Å². The van der Waals surface area contributed by atoms with E-state index in [2.05, 4.69) is 15.5 Å². The van der Waals surface area contributed by atoms with Crippen LogP contribution in [0.5, 0.6) is 5.75 Å². The minimum Gasteiger partial charge on any atom is -0.507 e. The number of hydrogen-bond donors (Lipinski definition) is 2. The van der Waals surface area contributed by atoms with Crippen LogP contribution in [0.3, 0.4) is 0 Å². The van der Waals surface area contributed by atoms with Gasteiger partial charge in [-0.05, 0) is 23.8 Å². The zero-order chi connectivity index (χ0) is 19.5. The maximum atomic E-state index is 12.5. The average molecular weight is 387 g/mol. The van der Waals surface area contributed by atoms with Gasteiger partial charge in [-0.3, -0.25) is 4.79 Å². The minimum atomic E-state index is -0.382. The van der Waals surface area contributed by atoms with Crippen LogP contribution >= 0.6 is 11.3 Å². The van der Waals surface area contributed by atoms with Crippen molar-refractivity contribution in [2.24, 2.45) is 5.10 Å². The number of nitrogens with zero attached hydrogens (tertiary/aromatic N) is 2. The molecule has 0 unspecified atom stereocenters. The van der Waals surface area contributed by atoms with Crippen LogP contribution in [0, 0.1) is 6.92 Å². The Hall–Kier alpha value is -3.51. The van der Waals surface area contributed by atoms with Gasteiger partial charge in [0.1, 0.15) is 16.5 Å². The van der Waals surface area contributed by atoms with Crippen LogP contribution in [0.1, 0.15) is 20.9 Å². The predicted octanol–water partition coefficient (Wildman–Crippen LogP) is 4.74. The van der Waals surface area contributed by atoms with Crippen molar-refractivity contribution >= 4 is 34.2 Å². The Labute approximate surface area is 166 Å². The molecular weight excluding hydrogens is 370 g/mol. The highest BCUT2D eigenvalue weighted by molar-refractivity contribution is 7.15. The number of rotatable bonds is 4. The van der Waals surface area contributed by atoms with Crippen molar-refractivity contribution < 1.29 is 9.90 Å². The summed E-state index contributed by atoms with van der Waals surface area (Å²) >= 11 is 1.47. The van der Waals surface area contributed by atoms with Gasteiger partial charge in [-0.1, -0.05) is 60.7 Å². The lowest BCUT2D eigenvalue weighted by Crippen LogP contribution is -2.19. The molecule has 138 valence electrons. The molecule has 1 amide bonds. The summed E-state index contributed by atoms with van der Waals surface area (Å²) < 4.78 is 0. The number of hydrazone groups is 1. The number of benzene rings is 3. The SMILES string of the molecule is Cc1sc(-c2ccccc2)nc1C(=O)N/N=C\c1c(O)ccc2ccccc12. The largest absolute Gasteiger partial charge is 0.507 e. The standard InChI is InChI=1S/C22H17N3O2S/c1-14-20(24-22(28-14)16-8-3-2-4-9-16)21(27)25-23-13-18-17-10-6-5-7-15(17)11-12-19(18)26/h2-13,26H,1H3,(H,25,27)/b23-13-. The Morgan fingerprint density at radius 2 is 1.82 bits per heavy atom. The van der Waals surface area contributed by atoms with Crippen molar-refractivity contribution in [1.82, 2.24) is 10.4 Å². The van der Waals surface area contributed by atoms with Crippen molar-refractivity contribution in [3.05, 3.63) is 82.9 Å². The number of carbonyl (C=O) groups is 1. The number of hydrogen-bond acceptors (Lipinski definition) is 5. The van der Waals surface area contributed by atoms with Gasteiger partial charge in [0.25, 0.3) is 5.91 Å². The first kappa shape index (κ1) is 17.9. The van der Waals surface area contributed by atoms with Crippen LogP contribution < -0.4 is 5.43 Å². The number of thiazole rings is 1. The number of aromatic hydroxyl groups is 1. The van der Waals surface area contributed by atoms with Crippen LogP contribution in [0.15, 0.2) is 71.8 Å². The summed E-state index contributed by atoms with van der Waals surface area (Å²) in [5.41, 5.74) is 4.38. The van der Waals surface area contributed by atoms with Crippen molar-refractivity contribution in [3.63, 3.8) is 0 Å². The molecule has 3 aromatic carbocycles. The molecule has 0 aliphatic carbocycles. The molecule has 0 aliphatic rings. The Bertz CT molecular complexity index is 1180. The van der Waals surface area contributed by atoms with E-state index in [1.165, 1.54) is 17.6 Å². The molecule has 0 bridgehead atoms. The zero-order valence-electron chi connectivity index (χ0n) is 15.1. The Morgan fingerprint density at radius 1 is 1.07 bits per heavy atom. The molecule has 4 aromatic rings. The number of fused-ring (bicyclic) bond motifs is 1. The molecule has 0 saturated heterocycles. The summed E-state index contributed by atoms with van der Waals surface area (Å²) in [4.78, 5) is 17.8. The van der Waals surface area contributed by atoms with Gasteiger partial charge in [-0.25, -0.2) is 10.4 Å². The topological polar surface area (TPSA) is 74.6 Å². The summed E-state index contributed by atoms with van der Waals surface area (Å²) in [6, 6.07) is 20.9. The minimum absolute atomic E-state index is 0.105. The van der Waals surface area contributed by atoms with E-state index < -0.39 is 0 Å². The molecule has 0 saturated carbocycles. The fourth-order valence-electron chi connectivity index (χ4n) is 2.94. The van der Waals surface area contributed by atoms with Crippen LogP contribution in [0.2, 0.25) is 0 Å². The molecule has 0 radical (unpaired) electrons. The highest BCUT2D eigenvalue weighted by atomic mass is 32.1. The number of amides is 1. The third kappa shape index (κ3) is 3.50. The van der Waals surface area contributed by atoms with E-state index in [9.17, 15) is 9.90 Å². The molecular formula is C22H17N3O2S. The lowest BCUT2D eigenvalue weighted by atomic mass is 10.0. The lowest BCUT2D eigenvalue weighted by molar-refractivity contribution is 0.0950. The lowest BCUT2D eigenvalue weighted by Gasteiger charge is -2.04. The van der Waals surface area contributed by atoms with Crippen molar-refractivity contribution in [3.8, 4) is 16.3 Å². The highest BCUT2D eigenvalue weighted by Crippen LogP contribution is 2.28. The molecule has 5 nitrogen and oxygen atoms in total. The van der Waals surface area contributed by atoms with E-state index in [1.54, 1.807) is 6.07 Å². The smallest absolute Gasteiger partial charge is 0.291 e. The molecule has 0 spiro atoms. The van der Waals surface area contributed by atoms with Gasteiger partial charge < -0.3 is 5.11 Å². The van der Waals surface area contributed by atoms with Gasteiger partial charge in [0, 0.05) is 16.0 Å². The molecule has 2 N–H and O–H groups in total. The summed E-state index contributed by atoms with van der Waals surface area (Å²) in [5.74, 6) is -0.278. The molecule has 0 fully saturated rings. The number of nitrogens with one attached hydrogen (secondary N) is 1. The van der Waals surface area contributed by atoms with Crippen LogP contribution in [-0.4, -0.2) is 22.2 Å². The normalized spacial score (nSPS) is 11.2. The Balaban J connectivity index is 1.56. The van der Waals surface area contributed by atoms with Crippen molar-refractivity contribution in [2.45, 2.75) is 6.92 Å². The second-order valence-electron chi connectivity index (χ2n) is 6.21. The molecule has 6 heteroatoms. The number of aromatic nitrogens is 1. The number of carbonyl (C=O) groups excluding carboxylic acids is 1. The van der Waals surface area contributed by atoms with Gasteiger partial charge in [0.2, 0.25) is 0 Å². The van der Waals surface area contributed by atoms with E-state index in [4.69, 9.17) is 0 Å². The fourth-order valence-corrected chi connectivity index (χ4v) is 3.86. The average Bonchev–Trinajstić information content (AvgIpc) is 3.12.